The normalized spacial score (nSPS) is 17.7. The Kier molecular flexibility index (Phi) is 9.80. The van der Waals surface area contributed by atoms with Gasteiger partial charge in [0, 0.05) is 37.9 Å². The number of aliphatic hydroxyl groups is 3. The number of guanidine groups is 1. The summed E-state index contributed by atoms with van der Waals surface area (Å²) in [6.45, 7) is 7.49. The number of nitrogens with zero attached hydrogens (tertiary/aromatic N) is 4. The molecule has 4 rings (SSSR count). The van der Waals surface area contributed by atoms with Crippen LogP contribution in [0.5, 0.6) is 0 Å². The Morgan fingerprint density at radius 2 is 1.90 bits per heavy atom. The first-order valence-corrected chi connectivity index (χ1v) is 13.5. The minimum absolute atomic E-state index is 0.0664. The summed E-state index contributed by atoms with van der Waals surface area (Å²) in [6.07, 6.45) is -1.14. The lowest BCUT2D eigenvalue weighted by atomic mass is 9.94. The predicted molar refractivity (Wildman–Crippen MR) is 151 cm³/mol. The molecule has 1 aromatic heterocycles. The lowest BCUT2D eigenvalue weighted by Crippen LogP contribution is -2.43. The number of aliphatic carboxylic acids is 1. The van der Waals surface area contributed by atoms with Crippen molar-refractivity contribution in [1.82, 2.24) is 20.4 Å². The van der Waals surface area contributed by atoms with E-state index in [4.69, 9.17) is 29.8 Å². The van der Waals surface area contributed by atoms with Crippen LogP contribution >= 0.6 is 23.2 Å². The number of nitrogens with one attached hydrogen (secondary N) is 2. The lowest BCUT2D eigenvalue weighted by Gasteiger charge is -2.20. The van der Waals surface area contributed by atoms with Gasteiger partial charge in [0.15, 0.2) is 5.78 Å². The molecule has 1 aliphatic rings. The summed E-state index contributed by atoms with van der Waals surface area (Å²) in [4.78, 5) is 29.7. The molecule has 0 spiro atoms. The summed E-state index contributed by atoms with van der Waals surface area (Å²) in [7, 11) is 0. The molecule has 41 heavy (non-hydrogen) atoms. The highest BCUT2D eigenvalue weighted by atomic mass is 35.5. The van der Waals surface area contributed by atoms with Gasteiger partial charge in [-0.1, -0.05) is 35.3 Å². The average Bonchev–Trinajstić information content (AvgIpc) is 3.57. The molecule has 1 saturated heterocycles. The van der Waals surface area contributed by atoms with Crippen molar-refractivity contribution in [3.8, 4) is 0 Å². The SMILES string of the molecule is [C-]#[N+]/N=C(\NC[C@H](CC(=O)c1c(Cl)cc(C(O)CC(O)c2ccc3cn[nH]c3c2)cc1Cl)C(=O)O)N1CC[C@H](O)C1. The number of hydrogen-bond acceptors (Lipinski definition) is 7. The molecule has 2 unspecified atom stereocenters. The van der Waals surface area contributed by atoms with Crippen LogP contribution < -0.4 is 5.32 Å². The van der Waals surface area contributed by atoms with Crippen LogP contribution in [0.3, 0.4) is 0 Å². The molecule has 12 nitrogen and oxygen atoms in total. The zero-order chi connectivity index (χ0) is 29.7. The third kappa shape index (κ3) is 7.32. The quantitative estimate of drug-likeness (QED) is 0.0669. The van der Waals surface area contributed by atoms with E-state index in [1.54, 1.807) is 29.3 Å². The third-order valence-electron chi connectivity index (χ3n) is 6.92. The first kappa shape index (κ1) is 30.2. The minimum atomic E-state index is -1.25. The molecule has 1 aliphatic heterocycles. The largest absolute Gasteiger partial charge is 0.481 e. The van der Waals surface area contributed by atoms with Crippen LogP contribution in [-0.2, 0) is 4.79 Å². The van der Waals surface area contributed by atoms with Gasteiger partial charge in [-0.05, 0) is 35.7 Å². The molecule has 3 aromatic rings. The summed E-state index contributed by atoms with van der Waals surface area (Å²) >= 11 is 12.8. The number of aromatic amines is 1. The van der Waals surface area contributed by atoms with E-state index in [-0.39, 0.29) is 46.6 Å². The Balaban J connectivity index is 1.42. The molecule has 0 aliphatic carbocycles. The van der Waals surface area contributed by atoms with Gasteiger partial charge in [0.25, 0.3) is 5.96 Å². The number of H-pyrrole nitrogens is 1. The number of carbonyl (C=O) groups is 2. The van der Waals surface area contributed by atoms with E-state index < -0.39 is 42.4 Å². The summed E-state index contributed by atoms with van der Waals surface area (Å²) in [5.41, 5.74) is 1.51. The fraction of sp³-hybridized carbons (Fsp3) is 0.370. The van der Waals surface area contributed by atoms with E-state index in [1.165, 1.54) is 12.1 Å². The van der Waals surface area contributed by atoms with Crippen LogP contribution in [0, 0.1) is 12.5 Å². The molecule has 0 saturated carbocycles. The van der Waals surface area contributed by atoms with Crippen molar-refractivity contribution in [2.45, 2.75) is 37.6 Å². The molecule has 2 heterocycles. The van der Waals surface area contributed by atoms with Gasteiger partial charge in [-0.2, -0.15) is 11.7 Å². The van der Waals surface area contributed by atoms with Gasteiger partial charge in [-0.3, -0.25) is 14.7 Å². The number of carboxylic acid groups (broad SMARTS) is 1. The van der Waals surface area contributed by atoms with Gasteiger partial charge in [-0.25, -0.2) is 0 Å². The highest BCUT2D eigenvalue weighted by Crippen LogP contribution is 2.34. The number of carboxylic acids is 1. The van der Waals surface area contributed by atoms with E-state index in [9.17, 15) is 30.0 Å². The number of ketones is 1. The second kappa shape index (κ2) is 13.3. The number of aromatic nitrogens is 2. The third-order valence-corrected chi connectivity index (χ3v) is 7.52. The smallest absolute Gasteiger partial charge is 0.308 e. The van der Waals surface area contributed by atoms with Crippen molar-refractivity contribution in [2.75, 3.05) is 19.6 Å². The Hall–Kier alpha value is -3.73. The van der Waals surface area contributed by atoms with Crippen molar-refractivity contribution in [1.29, 1.82) is 0 Å². The molecule has 6 N–H and O–H groups in total. The van der Waals surface area contributed by atoms with E-state index in [2.05, 4.69) is 25.6 Å². The van der Waals surface area contributed by atoms with Gasteiger partial charge >= 0.3 is 5.97 Å². The van der Waals surface area contributed by atoms with Gasteiger partial charge in [0.2, 0.25) is 0 Å². The molecule has 2 aromatic carbocycles. The number of rotatable bonds is 10. The Labute approximate surface area is 245 Å². The van der Waals surface area contributed by atoms with Crippen molar-refractivity contribution in [3.05, 3.63) is 74.8 Å². The molecule has 1 fully saturated rings. The summed E-state index contributed by atoms with van der Waals surface area (Å²) in [5.74, 6) is -2.96. The van der Waals surface area contributed by atoms with Crippen LogP contribution in [0.4, 0.5) is 0 Å². The highest BCUT2D eigenvalue weighted by molar-refractivity contribution is 6.40. The summed E-state index contributed by atoms with van der Waals surface area (Å²) in [5, 5.41) is 54.9. The molecule has 216 valence electrons. The van der Waals surface area contributed by atoms with Gasteiger partial charge in [0.1, 0.15) is 5.10 Å². The molecular formula is C27H28Cl2N6O6. The van der Waals surface area contributed by atoms with E-state index in [0.29, 0.717) is 18.5 Å². The number of likely N-dealkylation sites (tertiary alicyclic amines) is 1. The van der Waals surface area contributed by atoms with Crippen molar-refractivity contribution in [3.63, 3.8) is 0 Å². The Bertz CT molecular complexity index is 1480. The number of fused-ring (bicyclic) bond motifs is 1. The zero-order valence-electron chi connectivity index (χ0n) is 21.7. The number of halogens is 2. The van der Waals surface area contributed by atoms with Gasteiger partial charge < -0.3 is 30.6 Å². The van der Waals surface area contributed by atoms with Crippen LogP contribution in [0.15, 0.2) is 41.6 Å². The number of benzene rings is 2. The Morgan fingerprint density at radius 1 is 1.20 bits per heavy atom. The maximum Gasteiger partial charge on any atom is 0.308 e. The van der Waals surface area contributed by atoms with Gasteiger partial charge in [-0.15, -0.1) is 4.95 Å². The van der Waals surface area contributed by atoms with E-state index in [1.807, 2.05) is 0 Å². The zero-order valence-corrected chi connectivity index (χ0v) is 23.2. The van der Waals surface area contributed by atoms with Crippen molar-refractivity contribution in [2.24, 2.45) is 11.0 Å². The first-order valence-electron chi connectivity index (χ1n) is 12.7. The maximum atomic E-state index is 13.1. The predicted octanol–water partition coefficient (Wildman–Crippen LogP) is 3.15. The molecule has 0 amide bonds. The van der Waals surface area contributed by atoms with Crippen molar-refractivity contribution < 1.29 is 30.0 Å². The average molecular weight is 603 g/mol. The topological polar surface area (TPSA) is 176 Å². The van der Waals surface area contributed by atoms with Crippen LogP contribution in [0.25, 0.3) is 15.9 Å². The van der Waals surface area contributed by atoms with Crippen LogP contribution in [0.1, 0.15) is 53.0 Å². The maximum absolute atomic E-state index is 13.1. The second-order valence-corrected chi connectivity index (χ2v) is 10.6. The number of β-amino-alcohol motifs (C(OH)–C–C–N with tert-alkyl or cyclic N) is 1. The number of Topliss-reactive ketones (excluding diaryl/α,β-unsaturated/α-hetero) is 1. The monoisotopic (exact) mass is 602 g/mol. The minimum Gasteiger partial charge on any atom is -0.481 e. The second-order valence-electron chi connectivity index (χ2n) is 9.80. The molecule has 0 radical (unpaired) electrons. The molecular weight excluding hydrogens is 575 g/mol. The van der Waals surface area contributed by atoms with Crippen LogP contribution in [0.2, 0.25) is 10.0 Å². The van der Waals surface area contributed by atoms with E-state index in [0.717, 1.165) is 10.9 Å². The number of hydrogen-bond donors (Lipinski definition) is 6. The molecule has 14 heteroatoms. The highest BCUT2D eigenvalue weighted by Gasteiger charge is 2.29. The first-order chi connectivity index (χ1) is 19.6. The Morgan fingerprint density at radius 3 is 2.54 bits per heavy atom. The van der Waals surface area contributed by atoms with E-state index >= 15 is 0 Å². The van der Waals surface area contributed by atoms with Crippen LogP contribution in [-0.4, -0.2) is 79.0 Å². The standard InChI is InChI=1S/C27H28Cl2N6O6/c1-30-34-27(35-5-4-18(36)13-35)31-11-17(26(40)41)9-24(39)25-19(28)6-16(7-20(25)29)23(38)10-22(37)14-2-3-15-12-32-33-21(15)8-14/h2-3,6-8,12,17-18,22-23,36-38H,4-5,9-11,13H2,(H,31,34)(H,32,33)(H,40,41)/t17-,18-,22?,23?/m0/s1. The van der Waals surface area contributed by atoms with Gasteiger partial charge in [0.05, 0.1) is 51.6 Å². The number of aliphatic hydroxyl groups excluding tert-OH is 3. The summed E-state index contributed by atoms with van der Waals surface area (Å²) in [6, 6.07) is 8.00. The molecule has 0 bridgehead atoms. The number of carbonyl (C=O) groups excluding carboxylic acids is 1. The van der Waals surface area contributed by atoms with Crippen molar-refractivity contribution >= 4 is 51.8 Å². The molecule has 4 atom stereocenters. The fourth-order valence-electron chi connectivity index (χ4n) is 4.68. The fourth-order valence-corrected chi connectivity index (χ4v) is 5.39. The summed E-state index contributed by atoms with van der Waals surface area (Å²) < 4.78 is 0. The lowest BCUT2D eigenvalue weighted by molar-refractivity contribution is -0.141.